The SMILES string of the molecule is COc1ccc(OC)c(/C=C/C(=O)O[C@H](C)c2nc3sc(C)c(C)c3c(=O)[nH]2)c1. The van der Waals surface area contributed by atoms with Crippen molar-refractivity contribution in [1.29, 1.82) is 0 Å². The third-order valence-electron chi connectivity index (χ3n) is 4.57. The fourth-order valence-electron chi connectivity index (χ4n) is 2.86. The lowest BCUT2D eigenvalue weighted by molar-refractivity contribution is -0.142. The number of aromatic nitrogens is 2. The van der Waals surface area contributed by atoms with Gasteiger partial charge in [-0.25, -0.2) is 9.78 Å². The average molecular weight is 414 g/mol. The molecule has 7 nitrogen and oxygen atoms in total. The maximum absolute atomic E-state index is 12.4. The lowest BCUT2D eigenvalue weighted by Crippen LogP contribution is -2.16. The molecule has 0 fully saturated rings. The summed E-state index contributed by atoms with van der Waals surface area (Å²) in [6, 6.07) is 5.27. The summed E-state index contributed by atoms with van der Waals surface area (Å²) in [5, 5.41) is 0.583. The molecule has 152 valence electrons. The van der Waals surface area contributed by atoms with Crippen LogP contribution in [0, 0.1) is 13.8 Å². The number of carbonyl (C=O) groups excluding carboxylic acids is 1. The van der Waals surface area contributed by atoms with Crippen LogP contribution in [-0.4, -0.2) is 30.2 Å². The molecule has 3 rings (SSSR count). The van der Waals surface area contributed by atoms with E-state index >= 15 is 0 Å². The molecular weight excluding hydrogens is 392 g/mol. The molecular formula is C21H22N2O5S. The van der Waals surface area contributed by atoms with Crippen molar-refractivity contribution in [1.82, 2.24) is 9.97 Å². The molecule has 0 aliphatic rings. The number of hydrogen-bond donors (Lipinski definition) is 1. The Morgan fingerprint density at radius 1 is 1.24 bits per heavy atom. The summed E-state index contributed by atoms with van der Waals surface area (Å²) in [5.74, 6) is 0.986. The normalized spacial score (nSPS) is 12.3. The zero-order chi connectivity index (χ0) is 21.1. The van der Waals surface area contributed by atoms with Gasteiger partial charge in [-0.15, -0.1) is 11.3 Å². The zero-order valence-electron chi connectivity index (χ0n) is 16.9. The van der Waals surface area contributed by atoms with Crippen molar-refractivity contribution in [3.05, 3.63) is 56.5 Å². The van der Waals surface area contributed by atoms with E-state index in [2.05, 4.69) is 9.97 Å². The van der Waals surface area contributed by atoms with E-state index in [1.807, 2.05) is 13.8 Å². The van der Waals surface area contributed by atoms with Gasteiger partial charge in [0.25, 0.3) is 5.56 Å². The predicted octanol–water partition coefficient (Wildman–Crippen LogP) is 3.94. The molecule has 8 heteroatoms. The van der Waals surface area contributed by atoms with Gasteiger partial charge in [0.05, 0.1) is 19.6 Å². The molecule has 0 aliphatic heterocycles. The number of hydrogen-bond acceptors (Lipinski definition) is 7. The first-order valence-electron chi connectivity index (χ1n) is 8.94. The van der Waals surface area contributed by atoms with Crippen molar-refractivity contribution < 1.29 is 19.0 Å². The lowest BCUT2D eigenvalue weighted by atomic mass is 10.1. The van der Waals surface area contributed by atoms with Crippen LogP contribution in [0.5, 0.6) is 11.5 Å². The third kappa shape index (κ3) is 4.32. The molecule has 29 heavy (non-hydrogen) atoms. The molecule has 0 unspecified atom stereocenters. The van der Waals surface area contributed by atoms with Gasteiger partial charge >= 0.3 is 5.97 Å². The van der Waals surface area contributed by atoms with E-state index < -0.39 is 12.1 Å². The molecule has 0 saturated carbocycles. The Hall–Kier alpha value is -3.13. The van der Waals surface area contributed by atoms with Crippen LogP contribution in [0.15, 0.2) is 29.1 Å². The number of benzene rings is 1. The van der Waals surface area contributed by atoms with E-state index in [-0.39, 0.29) is 5.56 Å². The van der Waals surface area contributed by atoms with Gasteiger partial charge in [-0.2, -0.15) is 0 Å². The van der Waals surface area contributed by atoms with Gasteiger partial charge in [-0.3, -0.25) is 4.79 Å². The second-order valence-corrected chi connectivity index (χ2v) is 7.64. The number of nitrogens with zero attached hydrogens (tertiary/aromatic N) is 1. The van der Waals surface area contributed by atoms with E-state index in [0.717, 1.165) is 10.4 Å². The summed E-state index contributed by atoms with van der Waals surface area (Å²) in [7, 11) is 3.11. The highest BCUT2D eigenvalue weighted by atomic mass is 32.1. The van der Waals surface area contributed by atoms with Crippen LogP contribution in [0.3, 0.4) is 0 Å². The predicted molar refractivity (Wildman–Crippen MR) is 113 cm³/mol. The zero-order valence-corrected chi connectivity index (χ0v) is 17.7. The van der Waals surface area contributed by atoms with Crippen molar-refractivity contribution in [2.45, 2.75) is 26.9 Å². The van der Waals surface area contributed by atoms with Crippen molar-refractivity contribution in [3.63, 3.8) is 0 Å². The lowest BCUT2D eigenvalue weighted by Gasteiger charge is -2.11. The molecule has 0 aliphatic carbocycles. The topological polar surface area (TPSA) is 90.5 Å². The molecule has 3 aromatic rings. The van der Waals surface area contributed by atoms with Gasteiger partial charge in [-0.05, 0) is 50.6 Å². The molecule has 1 aromatic carbocycles. The smallest absolute Gasteiger partial charge is 0.331 e. The number of methoxy groups -OCH3 is 2. The van der Waals surface area contributed by atoms with Gasteiger partial charge in [-0.1, -0.05) is 0 Å². The van der Waals surface area contributed by atoms with E-state index in [4.69, 9.17) is 14.2 Å². The summed E-state index contributed by atoms with van der Waals surface area (Å²) in [4.78, 5) is 33.5. The first kappa shape index (κ1) is 20.6. The summed E-state index contributed by atoms with van der Waals surface area (Å²) in [6.07, 6.45) is 2.17. The summed E-state index contributed by atoms with van der Waals surface area (Å²) in [6.45, 7) is 5.50. The van der Waals surface area contributed by atoms with Crippen LogP contribution < -0.4 is 15.0 Å². The number of thiophene rings is 1. The number of ether oxygens (including phenoxy) is 3. The van der Waals surface area contributed by atoms with Gasteiger partial charge in [0.15, 0.2) is 11.9 Å². The molecule has 1 N–H and O–H groups in total. The van der Waals surface area contributed by atoms with Crippen LogP contribution in [0.1, 0.15) is 34.9 Å². The number of H-pyrrole nitrogens is 1. The van der Waals surface area contributed by atoms with E-state index in [9.17, 15) is 9.59 Å². The standard InChI is InChI=1S/C21H22N2O5S/c1-11-13(3)29-21-18(11)20(25)22-19(23-21)12(2)28-17(24)9-6-14-10-15(26-4)7-8-16(14)27-5/h6-10,12H,1-5H3,(H,22,23,25)/b9-6+/t12-/m1/s1. The number of carbonyl (C=O) groups is 1. The van der Waals surface area contributed by atoms with Gasteiger partial charge in [0.2, 0.25) is 0 Å². The number of aromatic amines is 1. The minimum Gasteiger partial charge on any atom is -0.497 e. The van der Waals surface area contributed by atoms with Crippen LogP contribution in [0.2, 0.25) is 0 Å². The Kier molecular flexibility index (Phi) is 6.03. The van der Waals surface area contributed by atoms with E-state index in [0.29, 0.717) is 33.1 Å². The quantitative estimate of drug-likeness (QED) is 0.485. The van der Waals surface area contributed by atoms with Crippen molar-refractivity contribution in [2.75, 3.05) is 14.2 Å². The first-order valence-corrected chi connectivity index (χ1v) is 9.76. The number of aryl methyl sites for hydroxylation is 2. The second-order valence-electron chi connectivity index (χ2n) is 6.43. The van der Waals surface area contributed by atoms with Crippen LogP contribution in [-0.2, 0) is 9.53 Å². The Morgan fingerprint density at radius 3 is 2.69 bits per heavy atom. The van der Waals surface area contributed by atoms with E-state index in [1.165, 1.54) is 17.4 Å². The van der Waals surface area contributed by atoms with Gasteiger partial charge < -0.3 is 19.2 Å². The summed E-state index contributed by atoms with van der Waals surface area (Å²) >= 11 is 1.45. The highest BCUT2D eigenvalue weighted by Crippen LogP contribution is 2.27. The fraction of sp³-hybridized carbons (Fsp3) is 0.286. The van der Waals surface area contributed by atoms with Crippen molar-refractivity contribution in [2.24, 2.45) is 0 Å². The first-order chi connectivity index (χ1) is 13.8. The summed E-state index contributed by atoms with van der Waals surface area (Å²) < 4.78 is 15.9. The van der Waals surface area contributed by atoms with Gasteiger partial charge in [0.1, 0.15) is 16.3 Å². The minimum absolute atomic E-state index is 0.230. The van der Waals surface area contributed by atoms with Crippen LogP contribution >= 0.6 is 11.3 Å². The largest absolute Gasteiger partial charge is 0.497 e. The average Bonchev–Trinajstić information content (AvgIpc) is 3.00. The van der Waals surface area contributed by atoms with E-state index in [1.54, 1.807) is 45.4 Å². The molecule has 0 radical (unpaired) electrons. The Labute approximate surface area is 172 Å². The minimum atomic E-state index is -0.709. The summed E-state index contributed by atoms with van der Waals surface area (Å²) in [5.41, 5.74) is 1.37. The van der Waals surface area contributed by atoms with Crippen molar-refractivity contribution >= 4 is 33.6 Å². The molecule has 0 bridgehead atoms. The monoisotopic (exact) mass is 414 g/mol. The number of esters is 1. The fourth-order valence-corrected chi connectivity index (χ4v) is 3.90. The van der Waals surface area contributed by atoms with Gasteiger partial charge in [0, 0.05) is 16.5 Å². The number of rotatable bonds is 6. The van der Waals surface area contributed by atoms with Crippen molar-refractivity contribution in [3.8, 4) is 11.5 Å². The highest BCUT2D eigenvalue weighted by molar-refractivity contribution is 7.18. The Bertz CT molecular complexity index is 1150. The molecule has 1 atom stereocenters. The molecule has 2 heterocycles. The molecule has 0 spiro atoms. The van der Waals surface area contributed by atoms with Crippen LogP contribution in [0.25, 0.3) is 16.3 Å². The highest BCUT2D eigenvalue weighted by Gasteiger charge is 2.17. The maximum atomic E-state index is 12.4. The Balaban J connectivity index is 1.78. The third-order valence-corrected chi connectivity index (χ3v) is 5.67. The van der Waals surface area contributed by atoms with Crippen LogP contribution in [0.4, 0.5) is 0 Å². The molecule has 2 aromatic heterocycles. The Morgan fingerprint density at radius 2 is 2.00 bits per heavy atom. The number of fused-ring (bicyclic) bond motifs is 1. The molecule has 0 amide bonds. The second kappa shape index (κ2) is 8.48. The maximum Gasteiger partial charge on any atom is 0.331 e. The molecule has 0 saturated heterocycles. The number of nitrogens with one attached hydrogen (secondary N) is 1.